The minimum Gasteiger partial charge on any atom is -0.287 e. The second kappa shape index (κ2) is 4.17. The molecule has 0 bridgehead atoms. The van der Waals surface area contributed by atoms with Crippen molar-refractivity contribution in [2.75, 3.05) is 0 Å². The molecule has 0 saturated carbocycles. The largest absolute Gasteiger partial charge is 0.321 e. The molecule has 0 heterocycles. The summed E-state index contributed by atoms with van der Waals surface area (Å²) in [5.41, 5.74) is 0.0313. The summed E-state index contributed by atoms with van der Waals surface area (Å²) in [5, 5.41) is 0. The van der Waals surface area contributed by atoms with Gasteiger partial charge in [-0.15, -0.1) is 0 Å². The summed E-state index contributed by atoms with van der Waals surface area (Å²) in [7, 11) is 0. The summed E-state index contributed by atoms with van der Waals surface area (Å²) in [5.74, 6) is -4.51. The van der Waals surface area contributed by atoms with Gasteiger partial charge in [0.05, 0.1) is 4.83 Å². The highest BCUT2D eigenvalue weighted by molar-refractivity contribution is 9.09. The molecule has 0 radical (unpaired) electrons. The van der Waals surface area contributed by atoms with Crippen LogP contribution < -0.4 is 0 Å². The zero-order chi connectivity index (χ0) is 10.8. The van der Waals surface area contributed by atoms with Gasteiger partial charge in [-0.2, -0.15) is 8.78 Å². The minimum atomic E-state index is -3.36. The van der Waals surface area contributed by atoms with Gasteiger partial charge in [0.15, 0.2) is 0 Å². The summed E-state index contributed by atoms with van der Waals surface area (Å²) in [4.78, 5) is 10.2. The van der Waals surface area contributed by atoms with Gasteiger partial charge in [-0.1, -0.05) is 46.3 Å². The Kier molecular flexibility index (Phi) is 3.37. The highest BCUT2D eigenvalue weighted by atomic mass is 79.9. The van der Waals surface area contributed by atoms with Crippen molar-refractivity contribution in [3.63, 3.8) is 0 Å². The molecule has 1 aromatic rings. The molecule has 1 atom stereocenters. The first-order valence-electron chi connectivity index (χ1n) is 4.08. The first-order valence-corrected chi connectivity index (χ1v) is 4.99. The minimum absolute atomic E-state index is 0.0313. The Morgan fingerprint density at radius 2 is 1.86 bits per heavy atom. The van der Waals surface area contributed by atoms with Crippen molar-refractivity contribution in [2.24, 2.45) is 0 Å². The number of benzene rings is 1. The van der Waals surface area contributed by atoms with Crippen LogP contribution in [-0.2, 0) is 0 Å². The fraction of sp³-hybridized carbons (Fsp3) is 0.300. The molecule has 1 nitrogen and oxygen atoms in total. The number of hydrogen-bond donors (Lipinski definition) is 0. The van der Waals surface area contributed by atoms with Crippen molar-refractivity contribution in [3.05, 3.63) is 35.9 Å². The summed E-state index contributed by atoms with van der Waals surface area (Å²) in [6.07, 6.45) is 0. The van der Waals surface area contributed by atoms with Crippen molar-refractivity contribution >= 4 is 21.7 Å². The second-order valence-corrected chi connectivity index (χ2v) is 4.31. The van der Waals surface area contributed by atoms with Crippen molar-refractivity contribution in [3.8, 4) is 0 Å². The molecule has 0 aliphatic carbocycles. The van der Waals surface area contributed by atoms with E-state index >= 15 is 0 Å². The van der Waals surface area contributed by atoms with Gasteiger partial charge >= 0.3 is 5.92 Å². The number of halogens is 3. The average Bonchev–Trinajstić information content (AvgIpc) is 2.17. The molecule has 0 spiro atoms. The van der Waals surface area contributed by atoms with Crippen LogP contribution in [0.5, 0.6) is 0 Å². The van der Waals surface area contributed by atoms with Gasteiger partial charge in [0, 0.05) is 5.56 Å². The molecule has 0 fully saturated rings. The number of ketones is 1. The lowest BCUT2D eigenvalue weighted by molar-refractivity contribution is 0.0128. The molecule has 1 rings (SSSR count). The number of carbonyl (C=O) groups excluding carboxylic acids is 1. The van der Waals surface area contributed by atoms with E-state index in [-0.39, 0.29) is 5.56 Å². The van der Waals surface area contributed by atoms with E-state index in [1.165, 1.54) is 19.1 Å². The highest BCUT2D eigenvalue weighted by Crippen LogP contribution is 2.28. The second-order valence-electron chi connectivity index (χ2n) is 2.93. The quantitative estimate of drug-likeness (QED) is 0.604. The van der Waals surface area contributed by atoms with Crippen LogP contribution in [0.1, 0.15) is 17.3 Å². The monoisotopic (exact) mass is 262 g/mol. The Morgan fingerprint density at radius 1 is 1.36 bits per heavy atom. The van der Waals surface area contributed by atoms with Crippen LogP contribution >= 0.6 is 15.9 Å². The van der Waals surface area contributed by atoms with Crippen LogP contribution in [0.2, 0.25) is 0 Å². The fourth-order valence-corrected chi connectivity index (χ4v) is 1.17. The van der Waals surface area contributed by atoms with E-state index in [0.717, 1.165) is 0 Å². The number of rotatable bonds is 3. The zero-order valence-electron chi connectivity index (χ0n) is 7.51. The van der Waals surface area contributed by atoms with E-state index in [2.05, 4.69) is 15.9 Å². The zero-order valence-corrected chi connectivity index (χ0v) is 9.09. The number of Topliss-reactive ketones (excluding diaryl/α,β-unsaturated/α-hetero) is 1. The maximum atomic E-state index is 13.2. The van der Waals surface area contributed by atoms with Crippen LogP contribution in [0.3, 0.4) is 0 Å². The van der Waals surface area contributed by atoms with Gasteiger partial charge in [-0.05, 0) is 6.92 Å². The van der Waals surface area contributed by atoms with Gasteiger partial charge < -0.3 is 0 Å². The fourth-order valence-electron chi connectivity index (χ4n) is 0.963. The Hall–Kier alpha value is -0.770. The number of alkyl halides is 3. The van der Waals surface area contributed by atoms with E-state index < -0.39 is 16.5 Å². The number of hydrogen-bond acceptors (Lipinski definition) is 1. The van der Waals surface area contributed by atoms with Crippen LogP contribution in [-0.4, -0.2) is 16.5 Å². The highest BCUT2D eigenvalue weighted by Gasteiger charge is 2.43. The summed E-state index contributed by atoms with van der Waals surface area (Å²) < 4.78 is 26.5. The maximum Gasteiger partial charge on any atom is 0.321 e. The van der Waals surface area contributed by atoms with Crippen molar-refractivity contribution in [2.45, 2.75) is 17.7 Å². The van der Waals surface area contributed by atoms with E-state index in [1.807, 2.05) is 0 Å². The van der Waals surface area contributed by atoms with Crippen LogP contribution in [0, 0.1) is 0 Å². The smallest absolute Gasteiger partial charge is 0.287 e. The van der Waals surface area contributed by atoms with Crippen molar-refractivity contribution in [1.82, 2.24) is 0 Å². The third-order valence-electron chi connectivity index (χ3n) is 1.84. The first-order chi connectivity index (χ1) is 6.46. The molecule has 1 unspecified atom stereocenters. The van der Waals surface area contributed by atoms with Gasteiger partial charge in [-0.3, -0.25) is 4.79 Å². The molecule has 0 N–H and O–H groups in total. The molecule has 76 valence electrons. The molecule has 0 saturated heterocycles. The predicted octanol–water partition coefficient (Wildman–Crippen LogP) is 3.29. The third kappa shape index (κ3) is 2.18. The normalized spacial score (nSPS) is 13.7. The molecule has 1 aromatic carbocycles. The predicted molar refractivity (Wildman–Crippen MR) is 54.1 cm³/mol. The Bertz CT molecular complexity index is 322. The lowest BCUT2D eigenvalue weighted by atomic mass is 10.0. The van der Waals surface area contributed by atoms with Gasteiger partial charge in [0.25, 0.3) is 0 Å². The summed E-state index contributed by atoms with van der Waals surface area (Å²) in [6, 6.07) is 7.55. The topological polar surface area (TPSA) is 17.1 Å². The molecular formula is C10H9BrF2O. The Labute approximate surface area is 89.3 Å². The molecule has 14 heavy (non-hydrogen) atoms. The molecule has 0 aliphatic heterocycles. The van der Waals surface area contributed by atoms with E-state index in [0.29, 0.717) is 0 Å². The lowest BCUT2D eigenvalue weighted by Crippen LogP contribution is -2.36. The number of carbonyl (C=O) groups is 1. The summed E-state index contributed by atoms with van der Waals surface area (Å²) in [6.45, 7) is 1.25. The van der Waals surface area contributed by atoms with Crippen molar-refractivity contribution in [1.29, 1.82) is 0 Å². The lowest BCUT2D eigenvalue weighted by Gasteiger charge is -2.17. The first kappa shape index (κ1) is 11.3. The third-order valence-corrected chi connectivity index (χ3v) is 2.41. The van der Waals surface area contributed by atoms with E-state index in [9.17, 15) is 13.6 Å². The summed E-state index contributed by atoms with van der Waals surface area (Å²) >= 11 is 2.72. The molecular weight excluding hydrogens is 254 g/mol. The standard InChI is InChI=1S/C10H9BrF2O/c1-7(11)10(12,13)9(14)8-5-3-2-4-6-8/h2-7H,1H3. The maximum absolute atomic E-state index is 13.2. The molecule has 0 amide bonds. The molecule has 4 heteroatoms. The molecule has 0 aromatic heterocycles. The SMILES string of the molecule is CC(Br)C(F)(F)C(=O)c1ccccc1. The van der Waals surface area contributed by atoms with Gasteiger partial charge in [-0.25, -0.2) is 0 Å². The van der Waals surface area contributed by atoms with Crippen LogP contribution in [0.4, 0.5) is 8.78 Å². The Balaban J connectivity index is 2.97. The average molecular weight is 263 g/mol. The van der Waals surface area contributed by atoms with Crippen LogP contribution in [0.25, 0.3) is 0 Å². The van der Waals surface area contributed by atoms with Gasteiger partial charge in [0.2, 0.25) is 5.78 Å². The van der Waals surface area contributed by atoms with E-state index in [4.69, 9.17) is 0 Å². The van der Waals surface area contributed by atoms with Gasteiger partial charge in [0.1, 0.15) is 0 Å². The Morgan fingerprint density at radius 3 is 2.29 bits per heavy atom. The van der Waals surface area contributed by atoms with Crippen LogP contribution in [0.15, 0.2) is 30.3 Å². The van der Waals surface area contributed by atoms with E-state index in [1.54, 1.807) is 18.2 Å². The van der Waals surface area contributed by atoms with Crippen molar-refractivity contribution < 1.29 is 13.6 Å². The molecule has 0 aliphatic rings.